The number of benzene rings is 1. The number of piperidine rings is 2. The third-order valence-electron chi connectivity index (χ3n) is 5.40. The Morgan fingerprint density at radius 3 is 2.57 bits per heavy atom. The van der Waals surface area contributed by atoms with E-state index in [4.69, 9.17) is 0 Å². The van der Waals surface area contributed by atoms with Gasteiger partial charge in [0, 0.05) is 46.1 Å². The molecule has 2 fully saturated rings. The van der Waals surface area contributed by atoms with Crippen LogP contribution in [-0.4, -0.2) is 59.6 Å². The van der Waals surface area contributed by atoms with Gasteiger partial charge in [0.2, 0.25) is 5.91 Å². The summed E-state index contributed by atoms with van der Waals surface area (Å²) in [5.74, 6) is 0.857. The quantitative estimate of drug-likeness (QED) is 0.923. The van der Waals surface area contributed by atoms with Crippen LogP contribution < -0.4 is 0 Å². The Balaban J connectivity index is 1.47. The highest BCUT2D eigenvalue weighted by molar-refractivity contribution is 5.76. The molecule has 4 heteroatoms. The summed E-state index contributed by atoms with van der Waals surface area (Å²) in [5.41, 5.74) is 0.660. The predicted octanol–water partition coefficient (Wildman–Crippen LogP) is 1.92. The summed E-state index contributed by atoms with van der Waals surface area (Å²) in [7, 11) is 1.91. The Labute approximate surface area is 139 Å². The van der Waals surface area contributed by atoms with E-state index in [1.807, 2.05) is 30.1 Å². The van der Waals surface area contributed by atoms with Crippen LogP contribution in [0.15, 0.2) is 30.3 Å². The molecule has 2 saturated heterocycles. The largest absolute Gasteiger partial charge is 0.389 e. The van der Waals surface area contributed by atoms with Crippen molar-refractivity contribution in [3.63, 3.8) is 0 Å². The molecule has 1 aromatic rings. The molecule has 126 valence electrons. The van der Waals surface area contributed by atoms with E-state index < -0.39 is 5.60 Å². The molecule has 2 aliphatic rings. The molecule has 1 aromatic carbocycles. The zero-order valence-corrected chi connectivity index (χ0v) is 14.1. The minimum atomic E-state index is -0.558. The maximum Gasteiger partial charge on any atom is 0.222 e. The molecule has 0 saturated carbocycles. The Morgan fingerprint density at radius 2 is 1.91 bits per heavy atom. The molecule has 3 rings (SSSR count). The first-order valence-corrected chi connectivity index (χ1v) is 8.77. The number of aliphatic hydroxyl groups is 1. The van der Waals surface area contributed by atoms with Crippen molar-refractivity contribution in [3.8, 4) is 0 Å². The smallest absolute Gasteiger partial charge is 0.222 e. The number of amides is 1. The van der Waals surface area contributed by atoms with Crippen LogP contribution in [0.1, 0.15) is 31.2 Å². The van der Waals surface area contributed by atoms with Crippen molar-refractivity contribution in [3.05, 3.63) is 35.9 Å². The lowest BCUT2D eigenvalue weighted by Crippen LogP contribution is -2.49. The Bertz CT molecular complexity index is 523. The number of hydrogen-bond acceptors (Lipinski definition) is 3. The highest BCUT2D eigenvalue weighted by Crippen LogP contribution is 2.27. The number of hydrogen-bond donors (Lipinski definition) is 1. The molecule has 1 N–H and O–H groups in total. The molecule has 1 unspecified atom stereocenters. The van der Waals surface area contributed by atoms with Crippen LogP contribution in [0.5, 0.6) is 0 Å². The van der Waals surface area contributed by atoms with Crippen molar-refractivity contribution < 1.29 is 9.90 Å². The van der Waals surface area contributed by atoms with Gasteiger partial charge < -0.3 is 14.9 Å². The van der Waals surface area contributed by atoms with Crippen LogP contribution in [-0.2, 0) is 11.2 Å². The molecule has 0 aliphatic carbocycles. The fourth-order valence-electron chi connectivity index (χ4n) is 3.92. The van der Waals surface area contributed by atoms with Crippen molar-refractivity contribution >= 4 is 5.91 Å². The number of nitrogens with zero attached hydrogens (tertiary/aromatic N) is 2. The SMILES string of the molecule is CN1CC(CN2CCC(O)(Cc3ccccc3)CC2)CCC1=O. The molecular weight excluding hydrogens is 288 g/mol. The van der Waals surface area contributed by atoms with Crippen LogP contribution >= 0.6 is 0 Å². The van der Waals surface area contributed by atoms with Gasteiger partial charge in [0.05, 0.1) is 5.60 Å². The molecule has 23 heavy (non-hydrogen) atoms. The number of rotatable bonds is 4. The van der Waals surface area contributed by atoms with Crippen LogP contribution in [0.4, 0.5) is 0 Å². The van der Waals surface area contributed by atoms with E-state index in [9.17, 15) is 9.90 Å². The third kappa shape index (κ3) is 4.33. The first kappa shape index (κ1) is 16.5. The highest BCUT2D eigenvalue weighted by Gasteiger charge is 2.33. The zero-order chi connectivity index (χ0) is 16.3. The van der Waals surface area contributed by atoms with E-state index >= 15 is 0 Å². The van der Waals surface area contributed by atoms with Crippen LogP contribution in [0.25, 0.3) is 0 Å². The number of carbonyl (C=O) groups is 1. The Morgan fingerprint density at radius 1 is 1.22 bits per heavy atom. The normalized spacial score (nSPS) is 25.6. The summed E-state index contributed by atoms with van der Waals surface area (Å²) >= 11 is 0. The van der Waals surface area contributed by atoms with Gasteiger partial charge in [-0.3, -0.25) is 4.79 Å². The lowest BCUT2D eigenvalue weighted by atomic mass is 9.85. The molecule has 0 aromatic heterocycles. The average molecular weight is 316 g/mol. The van der Waals surface area contributed by atoms with Crippen molar-refractivity contribution in [2.24, 2.45) is 5.92 Å². The molecular formula is C19H28N2O2. The highest BCUT2D eigenvalue weighted by atomic mass is 16.3. The van der Waals surface area contributed by atoms with Crippen molar-refractivity contribution in [2.75, 3.05) is 33.2 Å². The molecule has 0 spiro atoms. The van der Waals surface area contributed by atoms with Gasteiger partial charge in [-0.15, -0.1) is 0 Å². The molecule has 1 amide bonds. The molecule has 0 bridgehead atoms. The number of carbonyl (C=O) groups excluding carboxylic acids is 1. The van der Waals surface area contributed by atoms with Gasteiger partial charge in [0.25, 0.3) is 0 Å². The van der Waals surface area contributed by atoms with Gasteiger partial charge in [0.1, 0.15) is 0 Å². The van der Waals surface area contributed by atoms with Gasteiger partial charge in [0.15, 0.2) is 0 Å². The van der Waals surface area contributed by atoms with Crippen molar-refractivity contribution in [1.29, 1.82) is 0 Å². The van der Waals surface area contributed by atoms with Gasteiger partial charge >= 0.3 is 0 Å². The summed E-state index contributed by atoms with van der Waals surface area (Å²) in [6, 6.07) is 10.3. The number of likely N-dealkylation sites (tertiary alicyclic amines) is 2. The van der Waals surface area contributed by atoms with Gasteiger partial charge in [-0.05, 0) is 30.7 Å². The summed E-state index contributed by atoms with van der Waals surface area (Å²) in [4.78, 5) is 15.9. The van der Waals surface area contributed by atoms with E-state index in [2.05, 4.69) is 17.0 Å². The van der Waals surface area contributed by atoms with Gasteiger partial charge in [-0.1, -0.05) is 30.3 Å². The van der Waals surface area contributed by atoms with Crippen molar-refractivity contribution in [2.45, 2.75) is 37.7 Å². The molecule has 0 radical (unpaired) electrons. The summed E-state index contributed by atoms with van der Waals surface area (Å²) in [6.45, 7) is 3.84. The summed E-state index contributed by atoms with van der Waals surface area (Å²) in [5, 5.41) is 10.8. The summed E-state index contributed by atoms with van der Waals surface area (Å²) in [6.07, 6.45) is 4.12. The van der Waals surface area contributed by atoms with Crippen LogP contribution in [0.2, 0.25) is 0 Å². The average Bonchev–Trinajstić information content (AvgIpc) is 2.54. The fourth-order valence-corrected chi connectivity index (χ4v) is 3.92. The standard InChI is InChI=1S/C19H28N2O2/c1-20-14-17(7-8-18(20)22)15-21-11-9-19(23,10-12-21)13-16-5-3-2-4-6-16/h2-6,17,23H,7-15H2,1H3. The van der Waals surface area contributed by atoms with E-state index in [1.165, 1.54) is 5.56 Å². The lowest BCUT2D eigenvalue weighted by molar-refractivity contribution is -0.133. The van der Waals surface area contributed by atoms with E-state index in [0.29, 0.717) is 12.3 Å². The van der Waals surface area contributed by atoms with E-state index in [-0.39, 0.29) is 5.91 Å². The third-order valence-corrected chi connectivity index (χ3v) is 5.40. The zero-order valence-electron chi connectivity index (χ0n) is 14.1. The topological polar surface area (TPSA) is 43.8 Å². The minimum Gasteiger partial charge on any atom is -0.389 e. The molecule has 2 heterocycles. The Kier molecular flexibility index (Phi) is 5.02. The van der Waals surface area contributed by atoms with Gasteiger partial charge in [-0.2, -0.15) is 0 Å². The monoisotopic (exact) mass is 316 g/mol. The predicted molar refractivity (Wildman–Crippen MR) is 91.1 cm³/mol. The maximum atomic E-state index is 11.6. The first-order valence-electron chi connectivity index (χ1n) is 8.77. The van der Waals surface area contributed by atoms with Gasteiger partial charge in [-0.25, -0.2) is 0 Å². The van der Waals surface area contributed by atoms with E-state index in [0.717, 1.165) is 51.9 Å². The first-order chi connectivity index (χ1) is 11.0. The Hall–Kier alpha value is -1.39. The maximum absolute atomic E-state index is 11.6. The fraction of sp³-hybridized carbons (Fsp3) is 0.632. The second-order valence-electron chi connectivity index (χ2n) is 7.37. The van der Waals surface area contributed by atoms with Crippen LogP contribution in [0.3, 0.4) is 0 Å². The summed E-state index contributed by atoms with van der Waals surface area (Å²) < 4.78 is 0. The minimum absolute atomic E-state index is 0.275. The second kappa shape index (κ2) is 7.02. The van der Waals surface area contributed by atoms with Crippen LogP contribution in [0, 0.1) is 5.92 Å². The molecule has 4 nitrogen and oxygen atoms in total. The van der Waals surface area contributed by atoms with Crippen molar-refractivity contribution in [1.82, 2.24) is 9.80 Å². The van der Waals surface area contributed by atoms with E-state index in [1.54, 1.807) is 0 Å². The second-order valence-corrected chi connectivity index (χ2v) is 7.37. The lowest BCUT2D eigenvalue weighted by Gasteiger charge is -2.41. The molecule has 2 aliphatic heterocycles. The molecule has 1 atom stereocenters.